The molecule has 8 heteroatoms. The smallest absolute Gasteiger partial charge is 0.191 e. The fraction of sp³-hybridized carbons (Fsp3) is 0.550. The second-order valence-electron chi connectivity index (χ2n) is 7.73. The first kappa shape index (κ1) is 22.6. The summed E-state index contributed by atoms with van der Waals surface area (Å²) in [4.78, 5) is 9.23. The van der Waals surface area contributed by atoms with Crippen LogP contribution in [0.3, 0.4) is 0 Å². The van der Waals surface area contributed by atoms with Crippen molar-refractivity contribution in [2.24, 2.45) is 4.99 Å². The Balaban J connectivity index is 0.00000280. The predicted molar refractivity (Wildman–Crippen MR) is 121 cm³/mol. The molecule has 0 fully saturated rings. The van der Waals surface area contributed by atoms with E-state index in [1.807, 2.05) is 17.7 Å². The molecule has 1 aromatic heterocycles. The second kappa shape index (κ2) is 9.67. The number of halogens is 2. The number of hydrogen-bond donors (Lipinski definition) is 2. The maximum absolute atomic E-state index is 13.6. The van der Waals surface area contributed by atoms with Gasteiger partial charge in [0, 0.05) is 24.4 Å². The SMILES string of the molecule is CCNC(=NCC(C)(C)c1cccc(F)c1)NC1CCc2nc(C)nn2C1.I. The predicted octanol–water partition coefficient (Wildman–Crippen LogP) is 3.19. The summed E-state index contributed by atoms with van der Waals surface area (Å²) in [6.07, 6.45) is 1.91. The third kappa shape index (κ3) is 5.65. The molecule has 0 bridgehead atoms. The largest absolute Gasteiger partial charge is 0.357 e. The lowest BCUT2D eigenvalue weighted by molar-refractivity contribution is 0.391. The van der Waals surface area contributed by atoms with E-state index in [0.29, 0.717) is 6.54 Å². The Morgan fingerprint density at radius 2 is 2.18 bits per heavy atom. The van der Waals surface area contributed by atoms with Crippen LogP contribution in [0.2, 0.25) is 0 Å². The van der Waals surface area contributed by atoms with Crippen LogP contribution in [0.15, 0.2) is 29.3 Å². The molecule has 0 saturated carbocycles. The lowest BCUT2D eigenvalue weighted by Gasteiger charge is -2.27. The Labute approximate surface area is 183 Å². The van der Waals surface area contributed by atoms with Crippen LogP contribution in [0.5, 0.6) is 0 Å². The minimum absolute atomic E-state index is 0. The van der Waals surface area contributed by atoms with Crippen molar-refractivity contribution in [3.8, 4) is 0 Å². The van der Waals surface area contributed by atoms with Gasteiger partial charge in [-0.05, 0) is 38.0 Å². The fourth-order valence-electron chi connectivity index (χ4n) is 3.34. The van der Waals surface area contributed by atoms with Crippen LogP contribution in [-0.4, -0.2) is 39.9 Å². The average Bonchev–Trinajstić information content (AvgIpc) is 2.99. The first-order valence-corrected chi connectivity index (χ1v) is 9.58. The molecule has 28 heavy (non-hydrogen) atoms. The molecule has 0 amide bonds. The zero-order valence-corrected chi connectivity index (χ0v) is 19.3. The van der Waals surface area contributed by atoms with Crippen molar-refractivity contribution in [2.45, 2.75) is 58.5 Å². The Hall–Kier alpha value is -1.71. The van der Waals surface area contributed by atoms with Gasteiger partial charge in [-0.15, -0.1) is 24.0 Å². The summed E-state index contributed by atoms with van der Waals surface area (Å²) in [7, 11) is 0. The van der Waals surface area contributed by atoms with Gasteiger partial charge >= 0.3 is 0 Å². The summed E-state index contributed by atoms with van der Waals surface area (Å²) >= 11 is 0. The number of rotatable bonds is 5. The van der Waals surface area contributed by atoms with Gasteiger partial charge in [-0.1, -0.05) is 26.0 Å². The van der Waals surface area contributed by atoms with Crippen molar-refractivity contribution in [1.29, 1.82) is 0 Å². The van der Waals surface area contributed by atoms with E-state index < -0.39 is 0 Å². The number of aryl methyl sites for hydroxylation is 2. The van der Waals surface area contributed by atoms with Gasteiger partial charge in [0.25, 0.3) is 0 Å². The minimum atomic E-state index is -0.257. The zero-order valence-electron chi connectivity index (χ0n) is 17.0. The minimum Gasteiger partial charge on any atom is -0.357 e. The summed E-state index contributed by atoms with van der Waals surface area (Å²) in [6.45, 7) is 10.3. The second-order valence-corrected chi connectivity index (χ2v) is 7.73. The van der Waals surface area contributed by atoms with Gasteiger partial charge in [-0.2, -0.15) is 5.10 Å². The summed E-state index contributed by atoms with van der Waals surface area (Å²) in [6, 6.07) is 7.02. The van der Waals surface area contributed by atoms with E-state index in [0.717, 1.165) is 49.1 Å². The number of benzene rings is 1. The number of fused-ring (bicyclic) bond motifs is 1. The molecule has 2 aromatic rings. The molecule has 0 spiro atoms. The van der Waals surface area contributed by atoms with Crippen molar-refractivity contribution in [3.05, 3.63) is 47.3 Å². The van der Waals surface area contributed by atoms with E-state index in [4.69, 9.17) is 4.99 Å². The van der Waals surface area contributed by atoms with Crippen LogP contribution in [0.25, 0.3) is 0 Å². The van der Waals surface area contributed by atoms with Crippen LogP contribution in [0.4, 0.5) is 4.39 Å². The lowest BCUT2D eigenvalue weighted by atomic mass is 9.85. The maximum atomic E-state index is 13.6. The van der Waals surface area contributed by atoms with Gasteiger partial charge in [0.15, 0.2) is 5.96 Å². The van der Waals surface area contributed by atoms with Gasteiger partial charge in [-0.25, -0.2) is 14.1 Å². The van der Waals surface area contributed by atoms with Crippen LogP contribution < -0.4 is 10.6 Å². The molecular formula is C20H30FIN6. The summed E-state index contributed by atoms with van der Waals surface area (Å²) in [5, 5.41) is 11.3. The fourth-order valence-corrected chi connectivity index (χ4v) is 3.34. The summed E-state index contributed by atoms with van der Waals surface area (Å²) in [5.41, 5.74) is 0.690. The highest BCUT2D eigenvalue weighted by atomic mass is 127. The van der Waals surface area contributed by atoms with E-state index in [2.05, 4.69) is 41.5 Å². The van der Waals surface area contributed by atoms with E-state index in [-0.39, 0.29) is 41.3 Å². The Morgan fingerprint density at radius 1 is 1.39 bits per heavy atom. The number of hydrogen-bond acceptors (Lipinski definition) is 3. The molecule has 1 aliphatic heterocycles. The topological polar surface area (TPSA) is 67.1 Å². The molecule has 1 atom stereocenters. The van der Waals surface area contributed by atoms with Crippen molar-refractivity contribution in [3.63, 3.8) is 0 Å². The van der Waals surface area contributed by atoms with Crippen molar-refractivity contribution in [2.75, 3.05) is 13.1 Å². The molecule has 1 unspecified atom stereocenters. The molecule has 0 saturated heterocycles. The standard InChI is InChI=1S/C20H29FN6.HI/c1-5-22-19(23-13-20(3,4)15-7-6-8-16(21)11-15)25-17-9-10-18-24-14(2)26-27(18)12-17;/h6-8,11,17H,5,9-10,12-13H2,1-4H3,(H2,22,23,25);1H. The quantitative estimate of drug-likeness (QED) is 0.376. The highest BCUT2D eigenvalue weighted by Gasteiger charge is 2.23. The van der Waals surface area contributed by atoms with Gasteiger partial charge < -0.3 is 10.6 Å². The van der Waals surface area contributed by atoms with Gasteiger partial charge in [0.1, 0.15) is 17.5 Å². The number of guanidine groups is 1. The molecular weight excluding hydrogens is 470 g/mol. The van der Waals surface area contributed by atoms with Crippen molar-refractivity contribution in [1.82, 2.24) is 25.4 Å². The van der Waals surface area contributed by atoms with Crippen molar-refractivity contribution < 1.29 is 4.39 Å². The van der Waals surface area contributed by atoms with E-state index in [1.165, 1.54) is 6.07 Å². The average molecular weight is 500 g/mol. The van der Waals surface area contributed by atoms with E-state index in [9.17, 15) is 4.39 Å². The third-order valence-electron chi connectivity index (χ3n) is 4.89. The molecule has 1 aliphatic rings. The van der Waals surface area contributed by atoms with Gasteiger partial charge in [0.05, 0.1) is 13.1 Å². The molecule has 0 radical (unpaired) electrons. The van der Waals surface area contributed by atoms with Crippen LogP contribution >= 0.6 is 24.0 Å². The molecule has 1 aromatic carbocycles. The first-order valence-electron chi connectivity index (χ1n) is 9.58. The van der Waals surface area contributed by atoms with Crippen molar-refractivity contribution >= 4 is 29.9 Å². The number of nitrogens with zero attached hydrogens (tertiary/aromatic N) is 4. The molecule has 2 N–H and O–H groups in total. The number of aliphatic imine (C=N–C) groups is 1. The van der Waals surface area contributed by atoms with Gasteiger partial charge in [0.2, 0.25) is 0 Å². The molecule has 0 aliphatic carbocycles. The Morgan fingerprint density at radius 3 is 2.89 bits per heavy atom. The maximum Gasteiger partial charge on any atom is 0.191 e. The highest BCUT2D eigenvalue weighted by Crippen LogP contribution is 2.24. The monoisotopic (exact) mass is 500 g/mol. The first-order chi connectivity index (χ1) is 12.9. The normalized spacial score (nSPS) is 16.9. The molecule has 154 valence electrons. The van der Waals surface area contributed by atoms with Crippen LogP contribution in [0.1, 0.15) is 44.4 Å². The van der Waals surface area contributed by atoms with Crippen LogP contribution in [-0.2, 0) is 18.4 Å². The van der Waals surface area contributed by atoms with Crippen LogP contribution in [0, 0.1) is 12.7 Å². The Kier molecular flexibility index (Phi) is 7.79. The molecule has 3 rings (SSSR count). The molecule has 2 heterocycles. The van der Waals surface area contributed by atoms with E-state index in [1.54, 1.807) is 12.1 Å². The lowest BCUT2D eigenvalue weighted by Crippen LogP contribution is -2.47. The summed E-state index contributed by atoms with van der Waals surface area (Å²) < 4.78 is 15.6. The zero-order chi connectivity index (χ0) is 19.4. The van der Waals surface area contributed by atoms with Gasteiger partial charge in [-0.3, -0.25) is 4.99 Å². The number of nitrogens with one attached hydrogen (secondary N) is 2. The Bertz CT molecular complexity index is 817. The third-order valence-corrected chi connectivity index (χ3v) is 4.89. The van der Waals surface area contributed by atoms with E-state index >= 15 is 0 Å². The molecule has 6 nitrogen and oxygen atoms in total. The summed E-state index contributed by atoms with van der Waals surface area (Å²) in [5.74, 6) is 2.45. The highest BCUT2D eigenvalue weighted by molar-refractivity contribution is 14.0. The number of aromatic nitrogens is 3.